The Bertz CT molecular complexity index is 1540. The maximum atomic E-state index is 13.3. The van der Waals surface area contributed by atoms with Gasteiger partial charge >= 0.3 is 5.97 Å². The van der Waals surface area contributed by atoms with Gasteiger partial charge in [-0.3, -0.25) is 14.5 Å². The van der Waals surface area contributed by atoms with Gasteiger partial charge in [-0.25, -0.2) is 4.79 Å². The molecule has 1 saturated heterocycles. The van der Waals surface area contributed by atoms with E-state index >= 15 is 0 Å². The Hall–Kier alpha value is -4.01. The van der Waals surface area contributed by atoms with Crippen molar-refractivity contribution in [3.05, 3.63) is 94.9 Å². The third kappa shape index (κ3) is 5.12. The summed E-state index contributed by atoms with van der Waals surface area (Å²) in [5.74, 6) is -1.12. The lowest BCUT2D eigenvalue weighted by molar-refractivity contribution is -0.126. The number of amides is 2. The third-order valence-electron chi connectivity index (χ3n) is 5.94. The van der Waals surface area contributed by atoms with Crippen LogP contribution in [0.5, 0.6) is 0 Å². The van der Waals surface area contributed by atoms with Gasteiger partial charge in [0.05, 0.1) is 17.1 Å². The lowest BCUT2D eigenvalue weighted by Crippen LogP contribution is -2.36. The van der Waals surface area contributed by atoms with E-state index in [-0.39, 0.29) is 19.1 Å². The number of hydrogen-bond acceptors (Lipinski definition) is 6. The number of thiocarbonyl (C=S) groups is 1. The minimum Gasteiger partial charge on any atom is -0.462 e. The maximum Gasteiger partial charge on any atom is 0.338 e. The van der Waals surface area contributed by atoms with Crippen molar-refractivity contribution in [3.8, 4) is 0 Å². The van der Waals surface area contributed by atoms with Gasteiger partial charge in [0.1, 0.15) is 10.9 Å². The zero-order valence-corrected chi connectivity index (χ0v) is 21.5. The monoisotopic (exact) mass is 526 g/mol. The number of ether oxygens (including phenoxy) is 1. The smallest absolute Gasteiger partial charge is 0.338 e. The number of hydrogen-bond donors (Lipinski definition) is 1. The van der Waals surface area contributed by atoms with Crippen LogP contribution in [-0.4, -0.2) is 40.2 Å². The molecule has 1 fully saturated rings. The molecular formula is C29H22N2O4S2. The van der Waals surface area contributed by atoms with Crippen molar-refractivity contribution in [2.45, 2.75) is 6.92 Å². The predicted octanol–water partition coefficient (Wildman–Crippen LogP) is 6.01. The highest BCUT2D eigenvalue weighted by atomic mass is 32.2. The van der Waals surface area contributed by atoms with Crippen LogP contribution in [0.3, 0.4) is 0 Å². The van der Waals surface area contributed by atoms with Gasteiger partial charge in [-0.2, -0.15) is 0 Å². The van der Waals surface area contributed by atoms with E-state index in [1.165, 1.54) is 16.7 Å². The zero-order chi connectivity index (χ0) is 25.9. The predicted molar refractivity (Wildman–Crippen MR) is 152 cm³/mol. The zero-order valence-electron chi connectivity index (χ0n) is 19.9. The molecule has 1 aliphatic rings. The Morgan fingerprint density at radius 2 is 1.59 bits per heavy atom. The molecule has 0 aliphatic carbocycles. The first-order chi connectivity index (χ1) is 17.9. The number of nitrogens with zero attached hydrogens (tertiary/aromatic N) is 1. The number of rotatable bonds is 6. The summed E-state index contributed by atoms with van der Waals surface area (Å²) in [6, 6.07) is 24.6. The Morgan fingerprint density at radius 3 is 2.22 bits per heavy atom. The van der Waals surface area contributed by atoms with Crippen molar-refractivity contribution in [2.24, 2.45) is 0 Å². The number of carbonyl (C=O) groups is 3. The molecule has 0 spiro atoms. The van der Waals surface area contributed by atoms with Gasteiger partial charge in [-0.1, -0.05) is 72.5 Å². The van der Waals surface area contributed by atoms with Crippen LogP contribution in [-0.2, 0) is 14.3 Å². The van der Waals surface area contributed by atoms with E-state index in [9.17, 15) is 14.4 Å². The average Bonchev–Trinajstić information content (AvgIpc) is 3.16. The number of nitrogens with one attached hydrogen (secondary N) is 1. The van der Waals surface area contributed by atoms with Crippen LogP contribution in [0, 0.1) is 0 Å². The SMILES string of the molecule is CCOC(=O)c1ccc(NC(=O)CN2C(=O)/C(=C/c3c4ccccc4cc4ccccc34)SC2=S)cc1. The van der Waals surface area contributed by atoms with E-state index in [4.69, 9.17) is 17.0 Å². The van der Waals surface area contributed by atoms with Crippen LogP contribution < -0.4 is 5.32 Å². The first-order valence-corrected chi connectivity index (χ1v) is 12.9. The first kappa shape index (κ1) is 24.7. The van der Waals surface area contributed by atoms with Gasteiger partial charge in [0.15, 0.2) is 0 Å². The summed E-state index contributed by atoms with van der Waals surface area (Å²) >= 11 is 6.64. The van der Waals surface area contributed by atoms with Gasteiger partial charge < -0.3 is 10.1 Å². The minimum atomic E-state index is -0.427. The quantitative estimate of drug-likeness (QED) is 0.144. The summed E-state index contributed by atoms with van der Waals surface area (Å²) in [4.78, 5) is 39.6. The fourth-order valence-corrected chi connectivity index (χ4v) is 5.46. The first-order valence-electron chi connectivity index (χ1n) is 11.7. The highest BCUT2D eigenvalue weighted by Gasteiger charge is 2.33. The number of thioether (sulfide) groups is 1. The van der Waals surface area contributed by atoms with Gasteiger partial charge in [0, 0.05) is 5.69 Å². The van der Waals surface area contributed by atoms with Gasteiger partial charge in [0.25, 0.3) is 5.91 Å². The minimum absolute atomic E-state index is 0.210. The van der Waals surface area contributed by atoms with Crippen molar-refractivity contribution >= 4 is 79.4 Å². The van der Waals surface area contributed by atoms with Crippen LogP contribution >= 0.6 is 24.0 Å². The van der Waals surface area contributed by atoms with E-state index < -0.39 is 11.9 Å². The second-order valence-corrected chi connectivity index (χ2v) is 10.0. The van der Waals surface area contributed by atoms with E-state index in [1.54, 1.807) is 31.2 Å². The number of benzene rings is 4. The Morgan fingerprint density at radius 1 is 0.973 bits per heavy atom. The molecule has 37 heavy (non-hydrogen) atoms. The maximum absolute atomic E-state index is 13.3. The molecule has 6 nitrogen and oxygen atoms in total. The van der Waals surface area contributed by atoms with Gasteiger partial charge in [0.2, 0.25) is 5.91 Å². The third-order valence-corrected chi connectivity index (χ3v) is 7.32. The highest BCUT2D eigenvalue weighted by molar-refractivity contribution is 8.26. The lowest BCUT2D eigenvalue weighted by atomic mass is 9.96. The summed E-state index contributed by atoms with van der Waals surface area (Å²) in [5, 5.41) is 6.98. The number of esters is 1. The number of carbonyl (C=O) groups excluding carboxylic acids is 3. The Kier molecular flexibility index (Phi) is 7.03. The molecule has 0 bridgehead atoms. The normalized spacial score (nSPS) is 14.5. The van der Waals surface area contributed by atoms with Gasteiger partial charge in [-0.05, 0) is 70.4 Å². The molecule has 184 valence electrons. The molecule has 0 aromatic heterocycles. The molecule has 5 rings (SSSR count). The van der Waals surface area contributed by atoms with Gasteiger partial charge in [-0.15, -0.1) is 0 Å². The molecule has 1 N–H and O–H groups in total. The van der Waals surface area contributed by atoms with Crippen molar-refractivity contribution in [1.29, 1.82) is 0 Å². The topological polar surface area (TPSA) is 75.7 Å². The molecule has 4 aromatic carbocycles. The van der Waals surface area contributed by atoms with Crippen molar-refractivity contribution in [1.82, 2.24) is 4.90 Å². The summed E-state index contributed by atoms with van der Waals surface area (Å²) in [7, 11) is 0. The second-order valence-electron chi connectivity index (χ2n) is 8.35. The summed E-state index contributed by atoms with van der Waals surface area (Å²) in [6.45, 7) is 1.81. The van der Waals surface area contributed by atoms with Crippen LogP contribution in [0.15, 0.2) is 83.8 Å². The van der Waals surface area contributed by atoms with Crippen LogP contribution in [0.2, 0.25) is 0 Å². The fourth-order valence-electron chi connectivity index (χ4n) is 4.22. The standard InChI is InChI=1S/C29H22N2O4S2/c1-2-35-28(34)18-11-13-21(14-12-18)30-26(32)17-31-27(33)25(37-29(31)36)16-24-22-9-5-3-7-19(22)15-20-8-4-6-10-23(20)24/h3-16H,2,17H2,1H3,(H,30,32)/b25-16-. The summed E-state index contributed by atoms with van der Waals surface area (Å²) < 4.78 is 5.30. The van der Waals surface area contributed by atoms with Crippen molar-refractivity contribution in [2.75, 3.05) is 18.5 Å². The summed E-state index contributed by atoms with van der Waals surface area (Å²) in [5.41, 5.74) is 1.84. The lowest BCUT2D eigenvalue weighted by Gasteiger charge is -2.14. The van der Waals surface area contributed by atoms with E-state index in [1.807, 2.05) is 54.6 Å². The molecule has 0 saturated carbocycles. The fraction of sp³-hybridized carbons (Fsp3) is 0.103. The largest absolute Gasteiger partial charge is 0.462 e. The second kappa shape index (κ2) is 10.5. The molecule has 0 unspecified atom stereocenters. The molecule has 1 heterocycles. The molecular weight excluding hydrogens is 504 g/mol. The van der Waals surface area contributed by atoms with E-state index in [2.05, 4.69) is 11.4 Å². The van der Waals surface area contributed by atoms with Crippen LogP contribution in [0.4, 0.5) is 5.69 Å². The molecule has 8 heteroatoms. The van der Waals surface area contributed by atoms with Crippen molar-refractivity contribution < 1.29 is 19.1 Å². The van der Waals surface area contributed by atoms with E-state index in [0.29, 0.717) is 20.5 Å². The molecule has 2 amide bonds. The molecule has 0 atom stereocenters. The molecule has 1 aliphatic heterocycles. The van der Waals surface area contributed by atoms with Crippen LogP contribution in [0.1, 0.15) is 22.8 Å². The Labute approximate surface area is 223 Å². The van der Waals surface area contributed by atoms with E-state index in [0.717, 1.165) is 27.1 Å². The number of fused-ring (bicyclic) bond motifs is 2. The summed E-state index contributed by atoms with van der Waals surface area (Å²) in [6.07, 6.45) is 1.87. The molecule has 0 radical (unpaired) electrons. The Balaban J connectivity index is 1.36. The molecule has 4 aromatic rings. The average molecular weight is 527 g/mol. The van der Waals surface area contributed by atoms with Crippen molar-refractivity contribution in [3.63, 3.8) is 0 Å². The number of anilines is 1. The highest BCUT2D eigenvalue weighted by Crippen LogP contribution is 2.36. The van der Waals surface area contributed by atoms with Crippen LogP contribution in [0.25, 0.3) is 27.6 Å².